The first-order valence-corrected chi connectivity index (χ1v) is 3.87. The molecule has 0 radical (unpaired) electrons. The van der Waals surface area contributed by atoms with Crippen molar-refractivity contribution in [1.29, 1.82) is 0 Å². The van der Waals surface area contributed by atoms with E-state index < -0.39 is 0 Å². The quantitative estimate of drug-likeness (QED) is 0.643. The van der Waals surface area contributed by atoms with Crippen molar-refractivity contribution in [2.24, 2.45) is 11.7 Å². The Bertz CT molecular complexity index is 212. The smallest absolute Gasteiger partial charge is 0.119 e. The van der Waals surface area contributed by atoms with Crippen LogP contribution in [0.25, 0.3) is 0 Å². The molecule has 0 aliphatic carbocycles. The van der Waals surface area contributed by atoms with E-state index in [1.165, 1.54) is 0 Å². The summed E-state index contributed by atoms with van der Waals surface area (Å²) in [5.41, 5.74) is 6.42. The van der Waals surface area contributed by atoms with Gasteiger partial charge in [0.1, 0.15) is 5.83 Å². The molecular weight excluding hydrogens is 153 g/mol. The van der Waals surface area contributed by atoms with Crippen LogP contribution in [-0.4, -0.2) is 0 Å². The molecule has 68 valence electrons. The molecule has 0 saturated heterocycles. The summed E-state index contributed by atoms with van der Waals surface area (Å²) in [5.74, 6) is -0.286. The van der Waals surface area contributed by atoms with Crippen LogP contribution in [-0.2, 0) is 0 Å². The predicted octanol–water partition coefficient (Wildman–Crippen LogP) is 2.91. The molecule has 0 saturated carbocycles. The van der Waals surface area contributed by atoms with Gasteiger partial charge in [0.25, 0.3) is 0 Å². The van der Waals surface area contributed by atoms with Gasteiger partial charge in [-0.1, -0.05) is 18.2 Å². The van der Waals surface area contributed by atoms with Crippen molar-refractivity contribution in [1.82, 2.24) is 0 Å². The summed E-state index contributed by atoms with van der Waals surface area (Å²) < 4.78 is 13.0. The number of hydrogen-bond acceptors (Lipinski definition) is 1. The third kappa shape index (κ3) is 3.37. The van der Waals surface area contributed by atoms with Crippen molar-refractivity contribution in [3.05, 3.63) is 36.3 Å². The number of nitrogens with two attached hydrogens (primary N) is 1. The highest BCUT2D eigenvalue weighted by atomic mass is 19.1. The molecule has 0 aliphatic heterocycles. The van der Waals surface area contributed by atoms with Gasteiger partial charge in [0.2, 0.25) is 0 Å². The molecule has 0 rings (SSSR count). The minimum atomic E-state index is -0.275. The Hall–Kier alpha value is -1.05. The molecule has 0 aromatic carbocycles. The van der Waals surface area contributed by atoms with Crippen LogP contribution < -0.4 is 5.73 Å². The summed E-state index contributed by atoms with van der Waals surface area (Å²) in [7, 11) is 0. The first-order valence-electron chi connectivity index (χ1n) is 3.87. The average Bonchev–Trinajstić information content (AvgIpc) is 1.98. The number of halogens is 1. The summed E-state index contributed by atoms with van der Waals surface area (Å²) in [6.07, 6.45) is 1.96. The fourth-order valence-electron chi connectivity index (χ4n) is 0.813. The van der Waals surface area contributed by atoms with E-state index in [9.17, 15) is 4.39 Å². The summed E-state index contributed by atoms with van der Waals surface area (Å²) in [5, 5.41) is 0. The molecule has 0 aliphatic rings. The van der Waals surface area contributed by atoms with Crippen LogP contribution in [0.5, 0.6) is 0 Å². The molecule has 0 bridgehead atoms. The van der Waals surface area contributed by atoms with Gasteiger partial charge in [-0.2, -0.15) is 0 Å². The maximum absolute atomic E-state index is 13.0. The second kappa shape index (κ2) is 4.75. The fourth-order valence-corrected chi connectivity index (χ4v) is 0.813. The minimum absolute atomic E-state index is 0.0106. The summed E-state index contributed by atoms with van der Waals surface area (Å²) in [6.45, 7) is 10.7. The Labute approximate surface area is 73.5 Å². The molecule has 2 heteroatoms. The second-order valence-electron chi connectivity index (χ2n) is 2.98. The zero-order valence-corrected chi connectivity index (χ0v) is 7.73. The summed E-state index contributed by atoms with van der Waals surface area (Å²) in [4.78, 5) is 0. The van der Waals surface area contributed by atoms with Crippen LogP contribution in [0.3, 0.4) is 0 Å². The molecule has 0 amide bonds. The second-order valence-corrected chi connectivity index (χ2v) is 2.98. The molecule has 0 aromatic rings. The lowest BCUT2D eigenvalue weighted by Gasteiger charge is -2.10. The zero-order valence-electron chi connectivity index (χ0n) is 7.73. The van der Waals surface area contributed by atoms with Crippen molar-refractivity contribution in [3.8, 4) is 0 Å². The summed E-state index contributed by atoms with van der Waals surface area (Å²) >= 11 is 0. The van der Waals surface area contributed by atoms with Gasteiger partial charge in [-0.05, 0) is 13.8 Å². The van der Waals surface area contributed by atoms with Gasteiger partial charge in [-0.3, -0.25) is 0 Å². The van der Waals surface area contributed by atoms with Crippen LogP contribution >= 0.6 is 0 Å². The van der Waals surface area contributed by atoms with Gasteiger partial charge in [-0.25, -0.2) is 4.39 Å². The summed E-state index contributed by atoms with van der Waals surface area (Å²) in [6, 6.07) is 0. The molecule has 0 unspecified atom stereocenters. The topological polar surface area (TPSA) is 26.0 Å². The molecule has 0 heterocycles. The van der Waals surface area contributed by atoms with E-state index in [-0.39, 0.29) is 23.9 Å². The maximum Gasteiger partial charge on any atom is 0.119 e. The average molecular weight is 169 g/mol. The third-order valence-electron chi connectivity index (χ3n) is 1.74. The van der Waals surface area contributed by atoms with E-state index in [4.69, 9.17) is 5.73 Å². The largest absolute Gasteiger partial charge is 0.400 e. The van der Waals surface area contributed by atoms with Crippen molar-refractivity contribution < 1.29 is 4.39 Å². The lowest BCUT2D eigenvalue weighted by molar-refractivity contribution is 0.541. The Morgan fingerprint density at radius 2 is 2.08 bits per heavy atom. The first-order chi connectivity index (χ1) is 5.49. The third-order valence-corrected chi connectivity index (χ3v) is 1.74. The lowest BCUT2D eigenvalue weighted by atomic mass is 9.97. The van der Waals surface area contributed by atoms with Crippen LogP contribution in [0.1, 0.15) is 20.3 Å². The van der Waals surface area contributed by atoms with Gasteiger partial charge in [-0.15, -0.1) is 6.58 Å². The highest BCUT2D eigenvalue weighted by Crippen LogP contribution is 2.21. The van der Waals surface area contributed by atoms with E-state index in [0.717, 1.165) is 5.57 Å². The lowest BCUT2D eigenvalue weighted by Crippen LogP contribution is -2.02. The van der Waals surface area contributed by atoms with E-state index in [0.29, 0.717) is 0 Å². The van der Waals surface area contributed by atoms with Gasteiger partial charge >= 0.3 is 0 Å². The Balaban J connectivity index is 4.32. The normalized spacial score (nSPS) is 14.9. The molecule has 0 spiro atoms. The number of allylic oxidation sites excluding steroid dienone is 4. The molecule has 12 heavy (non-hydrogen) atoms. The minimum Gasteiger partial charge on any atom is -0.400 e. The van der Waals surface area contributed by atoms with Crippen LogP contribution in [0.4, 0.5) is 4.39 Å². The number of rotatable bonds is 4. The molecular formula is C10H16FN. The van der Waals surface area contributed by atoms with Crippen LogP contribution in [0.15, 0.2) is 36.3 Å². The molecule has 1 nitrogen and oxygen atoms in total. The van der Waals surface area contributed by atoms with Gasteiger partial charge in [0.15, 0.2) is 0 Å². The standard InChI is InChI=1S/C10H16FN/c1-5-9(7(2)3)6-10(11)8(4)12/h5,9H,1-2,6,12H2,3-4H3/b10-8-/t9-/m0/s1. The number of hydrogen-bond donors (Lipinski definition) is 1. The first kappa shape index (κ1) is 11.0. The highest BCUT2D eigenvalue weighted by molar-refractivity contribution is 5.11. The highest BCUT2D eigenvalue weighted by Gasteiger charge is 2.08. The van der Waals surface area contributed by atoms with Crippen molar-refractivity contribution in [2.75, 3.05) is 0 Å². The van der Waals surface area contributed by atoms with Crippen molar-refractivity contribution >= 4 is 0 Å². The van der Waals surface area contributed by atoms with Gasteiger partial charge in [0, 0.05) is 18.0 Å². The Kier molecular flexibility index (Phi) is 4.34. The Morgan fingerprint density at radius 1 is 1.58 bits per heavy atom. The van der Waals surface area contributed by atoms with Gasteiger partial charge in [0.05, 0.1) is 0 Å². The van der Waals surface area contributed by atoms with Crippen LogP contribution in [0.2, 0.25) is 0 Å². The molecule has 1 atom stereocenters. The Morgan fingerprint density at radius 3 is 2.33 bits per heavy atom. The molecule has 2 N–H and O–H groups in total. The fraction of sp³-hybridized carbons (Fsp3) is 0.400. The van der Waals surface area contributed by atoms with Crippen molar-refractivity contribution in [2.45, 2.75) is 20.3 Å². The van der Waals surface area contributed by atoms with E-state index in [1.807, 2.05) is 6.92 Å². The van der Waals surface area contributed by atoms with E-state index in [1.54, 1.807) is 13.0 Å². The van der Waals surface area contributed by atoms with E-state index in [2.05, 4.69) is 13.2 Å². The molecule has 0 aromatic heterocycles. The maximum atomic E-state index is 13.0. The SMILES string of the molecule is C=C[C@@H](C/C(F)=C(\C)N)C(=C)C. The monoisotopic (exact) mass is 169 g/mol. The van der Waals surface area contributed by atoms with E-state index >= 15 is 0 Å². The van der Waals surface area contributed by atoms with Gasteiger partial charge < -0.3 is 5.73 Å². The molecule has 0 fully saturated rings. The zero-order chi connectivity index (χ0) is 9.72. The predicted molar refractivity (Wildman–Crippen MR) is 51.1 cm³/mol. The van der Waals surface area contributed by atoms with Crippen LogP contribution in [0, 0.1) is 5.92 Å². The van der Waals surface area contributed by atoms with Crippen molar-refractivity contribution in [3.63, 3.8) is 0 Å².